The predicted molar refractivity (Wildman–Crippen MR) is 117 cm³/mol. The van der Waals surface area contributed by atoms with E-state index in [2.05, 4.69) is 11.0 Å². The summed E-state index contributed by atoms with van der Waals surface area (Å²) in [6.07, 6.45) is -2.50. The van der Waals surface area contributed by atoms with Crippen molar-refractivity contribution in [3.8, 4) is 11.8 Å². The first kappa shape index (κ1) is 23.4. The lowest BCUT2D eigenvalue weighted by Gasteiger charge is -2.30. The van der Waals surface area contributed by atoms with Gasteiger partial charge in [0.25, 0.3) is 0 Å². The zero-order valence-corrected chi connectivity index (χ0v) is 18.3. The minimum absolute atomic E-state index is 0.0480. The molecule has 8 heteroatoms. The van der Waals surface area contributed by atoms with Crippen molar-refractivity contribution in [3.63, 3.8) is 0 Å². The van der Waals surface area contributed by atoms with Gasteiger partial charge in [-0.2, -0.15) is 18.4 Å². The fourth-order valence-electron chi connectivity index (χ4n) is 4.94. The number of fused-ring (bicyclic) bond motifs is 1. The highest BCUT2D eigenvalue weighted by molar-refractivity contribution is 5.90. The van der Waals surface area contributed by atoms with Crippen LogP contribution in [-0.4, -0.2) is 41.3 Å². The Morgan fingerprint density at radius 1 is 1.09 bits per heavy atom. The van der Waals surface area contributed by atoms with E-state index in [4.69, 9.17) is 4.74 Å². The van der Waals surface area contributed by atoms with Crippen LogP contribution in [0.2, 0.25) is 0 Å². The number of aliphatic carboxylic acids is 1. The van der Waals surface area contributed by atoms with Crippen molar-refractivity contribution in [1.29, 1.82) is 5.26 Å². The van der Waals surface area contributed by atoms with Crippen molar-refractivity contribution in [2.45, 2.75) is 57.3 Å². The molecular weight excluding hydrogens is 433 g/mol. The van der Waals surface area contributed by atoms with Gasteiger partial charge in [-0.05, 0) is 74.7 Å². The van der Waals surface area contributed by atoms with Crippen molar-refractivity contribution in [2.24, 2.45) is 11.8 Å². The van der Waals surface area contributed by atoms with Crippen LogP contribution in [0.15, 0.2) is 30.3 Å². The Bertz CT molecular complexity index is 1050. The molecule has 2 aliphatic rings. The summed E-state index contributed by atoms with van der Waals surface area (Å²) in [6.45, 7) is 2.09. The number of halogens is 3. The van der Waals surface area contributed by atoms with Gasteiger partial charge in [-0.3, -0.25) is 9.69 Å². The standard InChI is InChI=1S/C25H27F3N2O3/c26-25(27,28)19-4-6-20(7-5-19)33-23-8-3-17-2-1-16(13-21(17)22(23)14-29)15-30-11-9-18(10-12-30)24(31)32/h1-3,8,13,18-20H,4-7,9-12,15H2,(H,31,32)/t19-,20+. The Morgan fingerprint density at radius 2 is 1.76 bits per heavy atom. The van der Waals surface area contributed by atoms with Gasteiger partial charge in [-0.25, -0.2) is 0 Å². The van der Waals surface area contributed by atoms with E-state index < -0.39 is 18.1 Å². The number of nitriles is 1. The van der Waals surface area contributed by atoms with Crippen LogP contribution in [0.25, 0.3) is 10.8 Å². The molecule has 2 fully saturated rings. The number of piperidine rings is 1. The maximum Gasteiger partial charge on any atom is 0.391 e. The summed E-state index contributed by atoms with van der Waals surface area (Å²) >= 11 is 0. The van der Waals surface area contributed by atoms with E-state index in [0.717, 1.165) is 16.3 Å². The predicted octanol–water partition coefficient (Wildman–Crippen LogP) is 5.51. The highest BCUT2D eigenvalue weighted by Crippen LogP contribution is 2.39. The molecule has 5 nitrogen and oxygen atoms in total. The number of likely N-dealkylation sites (tertiary alicyclic amines) is 1. The van der Waals surface area contributed by atoms with Crippen molar-refractivity contribution >= 4 is 16.7 Å². The first-order valence-corrected chi connectivity index (χ1v) is 11.4. The Morgan fingerprint density at radius 3 is 2.36 bits per heavy atom. The van der Waals surface area contributed by atoms with Gasteiger partial charge in [0.15, 0.2) is 0 Å². The number of carbonyl (C=O) groups is 1. The molecule has 1 aliphatic heterocycles. The number of carboxylic acids is 1. The molecule has 0 amide bonds. The molecule has 0 unspecified atom stereocenters. The maximum absolute atomic E-state index is 12.9. The second kappa shape index (κ2) is 9.60. The quantitative estimate of drug-likeness (QED) is 0.637. The van der Waals surface area contributed by atoms with Crippen LogP contribution < -0.4 is 4.74 Å². The molecule has 176 valence electrons. The minimum atomic E-state index is -4.16. The molecule has 1 aliphatic carbocycles. The number of hydrogen-bond donors (Lipinski definition) is 1. The Hall–Kier alpha value is -2.79. The maximum atomic E-state index is 12.9. The largest absolute Gasteiger partial charge is 0.489 e. The lowest BCUT2D eigenvalue weighted by atomic mass is 9.87. The summed E-state index contributed by atoms with van der Waals surface area (Å²) in [5.41, 5.74) is 1.42. The molecule has 1 saturated carbocycles. The van der Waals surface area contributed by atoms with Gasteiger partial charge in [-0.1, -0.05) is 18.2 Å². The Kier molecular flexibility index (Phi) is 6.80. The molecule has 2 aromatic rings. The number of benzene rings is 2. The fraction of sp³-hybridized carbons (Fsp3) is 0.520. The summed E-state index contributed by atoms with van der Waals surface area (Å²) in [4.78, 5) is 13.4. The Balaban J connectivity index is 1.47. The SMILES string of the molecule is N#Cc1c(O[C@H]2CC[C@@H](C(F)(F)F)CC2)ccc2ccc(CN3CCC(C(=O)O)CC3)cc12. The molecule has 0 spiro atoms. The second-order valence-corrected chi connectivity index (χ2v) is 9.13. The van der Waals surface area contributed by atoms with Crippen LogP contribution in [0, 0.1) is 23.2 Å². The zero-order valence-electron chi connectivity index (χ0n) is 18.3. The van der Waals surface area contributed by atoms with Gasteiger partial charge in [0.2, 0.25) is 0 Å². The number of alkyl halides is 3. The van der Waals surface area contributed by atoms with E-state index in [9.17, 15) is 28.3 Å². The van der Waals surface area contributed by atoms with Crippen LogP contribution in [0.4, 0.5) is 13.2 Å². The molecule has 33 heavy (non-hydrogen) atoms. The molecule has 0 aromatic heterocycles. The van der Waals surface area contributed by atoms with Crippen LogP contribution in [-0.2, 0) is 11.3 Å². The van der Waals surface area contributed by atoms with Gasteiger partial charge in [0.05, 0.1) is 17.9 Å². The summed E-state index contributed by atoms with van der Waals surface area (Å²) in [6, 6.07) is 11.7. The molecule has 4 rings (SSSR count). The molecule has 0 radical (unpaired) electrons. The molecule has 1 N–H and O–H groups in total. The molecule has 0 atom stereocenters. The molecule has 1 heterocycles. The second-order valence-electron chi connectivity index (χ2n) is 9.13. The molecule has 1 saturated heterocycles. The average Bonchev–Trinajstić information content (AvgIpc) is 2.79. The van der Waals surface area contributed by atoms with E-state index in [0.29, 0.717) is 56.6 Å². The van der Waals surface area contributed by atoms with Crippen molar-refractivity contribution < 1.29 is 27.8 Å². The van der Waals surface area contributed by atoms with E-state index in [1.165, 1.54) is 0 Å². The third kappa shape index (κ3) is 5.41. The molecular formula is C25H27F3N2O3. The smallest absolute Gasteiger partial charge is 0.391 e. The Labute approximate surface area is 190 Å². The van der Waals surface area contributed by atoms with E-state index >= 15 is 0 Å². The lowest BCUT2D eigenvalue weighted by Crippen LogP contribution is -2.35. The first-order chi connectivity index (χ1) is 15.7. The van der Waals surface area contributed by atoms with Gasteiger partial charge in [0.1, 0.15) is 17.4 Å². The van der Waals surface area contributed by atoms with Crippen LogP contribution in [0.1, 0.15) is 49.7 Å². The van der Waals surface area contributed by atoms with Gasteiger partial charge >= 0.3 is 12.1 Å². The third-order valence-electron chi connectivity index (χ3n) is 6.93. The van der Waals surface area contributed by atoms with Gasteiger partial charge in [-0.15, -0.1) is 0 Å². The van der Waals surface area contributed by atoms with Crippen molar-refractivity contribution in [2.75, 3.05) is 13.1 Å². The van der Waals surface area contributed by atoms with Crippen LogP contribution in [0.5, 0.6) is 5.75 Å². The molecule has 0 bridgehead atoms. The number of rotatable bonds is 5. The highest BCUT2D eigenvalue weighted by atomic mass is 19.4. The average molecular weight is 460 g/mol. The summed E-state index contributed by atoms with van der Waals surface area (Å²) in [5.74, 6) is -1.88. The monoisotopic (exact) mass is 460 g/mol. The third-order valence-corrected chi connectivity index (χ3v) is 6.93. The van der Waals surface area contributed by atoms with Crippen LogP contribution in [0.3, 0.4) is 0 Å². The summed E-state index contributed by atoms with van der Waals surface area (Å²) < 4.78 is 44.8. The van der Waals surface area contributed by atoms with E-state index in [-0.39, 0.29) is 24.9 Å². The first-order valence-electron chi connectivity index (χ1n) is 11.4. The van der Waals surface area contributed by atoms with E-state index in [1.807, 2.05) is 24.3 Å². The van der Waals surface area contributed by atoms with Crippen molar-refractivity contribution in [1.82, 2.24) is 4.90 Å². The zero-order chi connectivity index (χ0) is 23.6. The van der Waals surface area contributed by atoms with E-state index in [1.54, 1.807) is 6.07 Å². The number of hydrogen-bond acceptors (Lipinski definition) is 4. The van der Waals surface area contributed by atoms with Gasteiger partial charge in [0, 0.05) is 11.9 Å². The fourth-order valence-corrected chi connectivity index (χ4v) is 4.94. The van der Waals surface area contributed by atoms with Gasteiger partial charge < -0.3 is 9.84 Å². The molecule has 2 aromatic carbocycles. The highest BCUT2D eigenvalue weighted by Gasteiger charge is 2.41. The summed E-state index contributed by atoms with van der Waals surface area (Å²) in [7, 11) is 0. The normalized spacial score (nSPS) is 22.7. The van der Waals surface area contributed by atoms with Crippen molar-refractivity contribution in [3.05, 3.63) is 41.5 Å². The topological polar surface area (TPSA) is 73.6 Å². The van der Waals surface area contributed by atoms with Crippen LogP contribution >= 0.6 is 0 Å². The number of nitrogens with zero attached hydrogens (tertiary/aromatic N) is 2. The lowest BCUT2D eigenvalue weighted by molar-refractivity contribution is -0.185. The number of carboxylic acid groups (broad SMARTS) is 1. The summed E-state index contributed by atoms with van der Waals surface area (Å²) in [5, 5.41) is 20.7. The number of ether oxygens (including phenoxy) is 1. The minimum Gasteiger partial charge on any atom is -0.489 e.